The van der Waals surface area contributed by atoms with Gasteiger partial charge in [0.1, 0.15) is 11.5 Å². The summed E-state index contributed by atoms with van der Waals surface area (Å²) in [5.41, 5.74) is 3.18. The molecule has 0 amide bonds. The summed E-state index contributed by atoms with van der Waals surface area (Å²) in [6.45, 7) is 6.07. The second kappa shape index (κ2) is 4.35. The number of H-pyrrole nitrogens is 1. The van der Waals surface area contributed by atoms with Gasteiger partial charge in [-0.1, -0.05) is 0 Å². The average Bonchev–Trinajstić information content (AvgIpc) is 2.87. The highest BCUT2D eigenvalue weighted by molar-refractivity contribution is 7.71. The molecule has 0 spiro atoms. The first-order valence-corrected chi connectivity index (χ1v) is 6.60. The lowest BCUT2D eigenvalue weighted by Crippen LogP contribution is -2.07. The van der Waals surface area contributed by atoms with Crippen molar-refractivity contribution in [1.29, 1.82) is 0 Å². The van der Waals surface area contributed by atoms with Crippen molar-refractivity contribution in [3.63, 3.8) is 0 Å². The predicted octanol–water partition coefficient (Wildman–Crippen LogP) is 3.91. The van der Waals surface area contributed by atoms with Gasteiger partial charge in [-0.25, -0.2) is 0 Å². The van der Waals surface area contributed by atoms with Crippen molar-refractivity contribution in [2.45, 2.75) is 26.8 Å². The van der Waals surface area contributed by atoms with E-state index in [-0.39, 0.29) is 6.04 Å². The second-order valence-corrected chi connectivity index (χ2v) is 5.12. The minimum absolute atomic E-state index is 0.126. The van der Waals surface area contributed by atoms with E-state index in [4.69, 9.17) is 16.6 Å². The smallest absolute Gasteiger partial charge is 0.178 e. The molecule has 0 fully saturated rings. The lowest BCUT2D eigenvalue weighted by atomic mass is 10.1. The van der Waals surface area contributed by atoms with Gasteiger partial charge in [-0.05, 0) is 45.1 Å². The molecule has 0 saturated heterocycles. The largest absolute Gasteiger partial charge is 0.466 e. The zero-order valence-corrected chi connectivity index (χ0v) is 11.9. The van der Waals surface area contributed by atoms with Gasteiger partial charge in [0.25, 0.3) is 0 Å². The quantitative estimate of drug-likeness (QED) is 0.720. The molecule has 4 nitrogen and oxygen atoms in total. The monoisotopic (exact) mass is 273 g/mol. The molecule has 3 heterocycles. The highest BCUT2D eigenvalue weighted by atomic mass is 32.1. The van der Waals surface area contributed by atoms with Gasteiger partial charge in [0.05, 0.1) is 23.3 Å². The first-order valence-electron chi connectivity index (χ1n) is 6.19. The number of fused-ring (bicyclic) bond motifs is 1. The summed E-state index contributed by atoms with van der Waals surface area (Å²) in [5, 5.41) is 0. The number of aryl methyl sites for hydroxylation is 2. The number of pyridine rings is 1. The van der Waals surface area contributed by atoms with Crippen molar-refractivity contribution in [2.75, 3.05) is 0 Å². The molecule has 0 saturated carbocycles. The summed E-state index contributed by atoms with van der Waals surface area (Å²) < 4.78 is 8.42. The highest BCUT2D eigenvalue weighted by Gasteiger charge is 2.17. The molecule has 5 heteroatoms. The Bertz CT molecular complexity index is 796. The number of hydrogen-bond donors (Lipinski definition) is 1. The molecule has 0 radical (unpaired) electrons. The third-order valence-electron chi connectivity index (χ3n) is 3.43. The van der Waals surface area contributed by atoms with Crippen LogP contribution in [0.2, 0.25) is 0 Å². The van der Waals surface area contributed by atoms with Gasteiger partial charge in [0, 0.05) is 11.8 Å². The van der Waals surface area contributed by atoms with E-state index in [2.05, 4.69) is 27.5 Å². The molecule has 0 aliphatic carbocycles. The normalized spacial score (nSPS) is 13.0. The molecule has 3 aromatic rings. The van der Waals surface area contributed by atoms with Crippen LogP contribution in [-0.2, 0) is 0 Å². The van der Waals surface area contributed by atoms with Crippen molar-refractivity contribution in [1.82, 2.24) is 14.5 Å². The van der Waals surface area contributed by atoms with Crippen LogP contribution in [0.3, 0.4) is 0 Å². The van der Waals surface area contributed by atoms with Crippen molar-refractivity contribution in [3.8, 4) is 0 Å². The van der Waals surface area contributed by atoms with Gasteiger partial charge in [0.2, 0.25) is 0 Å². The van der Waals surface area contributed by atoms with E-state index in [0.29, 0.717) is 4.77 Å². The van der Waals surface area contributed by atoms with Crippen molar-refractivity contribution in [2.24, 2.45) is 0 Å². The van der Waals surface area contributed by atoms with Crippen LogP contribution in [0, 0.1) is 18.6 Å². The summed E-state index contributed by atoms with van der Waals surface area (Å²) in [7, 11) is 0. The fraction of sp³-hybridized carbons (Fsp3) is 0.286. The molecular weight excluding hydrogens is 258 g/mol. The van der Waals surface area contributed by atoms with E-state index in [0.717, 1.165) is 28.1 Å². The molecule has 0 aromatic carbocycles. The summed E-state index contributed by atoms with van der Waals surface area (Å²) in [6.07, 6.45) is 3.57. The number of aromatic nitrogens is 3. The Balaban J connectivity index is 2.22. The number of rotatable bonds is 2. The maximum Gasteiger partial charge on any atom is 0.178 e. The summed E-state index contributed by atoms with van der Waals surface area (Å²) in [6, 6.07) is 4.17. The summed E-state index contributed by atoms with van der Waals surface area (Å²) in [4.78, 5) is 7.30. The van der Waals surface area contributed by atoms with Crippen LogP contribution in [0.25, 0.3) is 11.0 Å². The van der Waals surface area contributed by atoms with Gasteiger partial charge < -0.3 is 14.0 Å². The second-order valence-electron chi connectivity index (χ2n) is 4.74. The molecule has 0 aliphatic heterocycles. The molecule has 3 rings (SSSR count). The molecular formula is C14H15N3OS. The molecule has 1 atom stereocenters. The maximum absolute atomic E-state index is 5.62. The van der Waals surface area contributed by atoms with Crippen molar-refractivity contribution < 1.29 is 4.42 Å². The molecule has 3 aromatic heterocycles. The standard InChI is InChI=1S/C14H15N3OS/c1-8-6-11(10(3)18-8)9(2)17-13-4-5-15-7-12(13)16-14(17)19/h4-7,9H,1-3H3,(H,16,19). The first-order chi connectivity index (χ1) is 9.08. The Morgan fingerprint density at radius 2 is 2.21 bits per heavy atom. The van der Waals surface area contributed by atoms with E-state index in [1.54, 1.807) is 12.4 Å². The Morgan fingerprint density at radius 1 is 1.42 bits per heavy atom. The highest BCUT2D eigenvalue weighted by Crippen LogP contribution is 2.28. The van der Waals surface area contributed by atoms with E-state index >= 15 is 0 Å². The third kappa shape index (κ3) is 1.90. The van der Waals surface area contributed by atoms with Gasteiger partial charge in [-0.15, -0.1) is 0 Å². The van der Waals surface area contributed by atoms with Crippen LogP contribution >= 0.6 is 12.2 Å². The third-order valence-corrected chi connectivity index (χ3v) is 3.73. The SMILES string of the molecule is Cc1cc(C(C)n2c(=S)[nH]c3cnccc32)c(C)o1. The Hall–Kier alpha value is -1.88. The van der Waals surface area contributed by atoms with Gasteiger partial charge >= 0.3 is 0 Å². The van der Waals surface area contributed by atoms with E-state index in [1.165, 1.54) is 0 Å². The molecule has 0 bridgehead atoms. The van der Waals surface area contributed by atoms with Crippen LogP contribution in [-0.4, -0.2) is 14.5 Å². The zero-order chi connectivity index (χ0) is 13.6. The Labute approximate surface area is 116 Å². The zero-order valence-electron chi connectivity index (χ0n) is 11.1. The number of aromatic amines is 1. The lowest BCUT2D eigenvalue weighted by molar-refractivity contribution is 0.495. The Kier molecular flexibility index (Phi) is 2.78. The molecule has 98 valence electrons. The summed E-state index contributed by atoms with van der Waals surface area (Å²) in [5.74, 6) is 1.86. The van der Waals surface area contributed by atoms with Crippen molar-refractivity contribution in [3.05, 3.63) is 46.4 Å². The van der Waals surface area contributed by atoms with Gasteiger partial charge in [-0.3, -0.25) is 4.98 Å². The number of imidazole rings is 1. The predicted molar refractivity (Wildman–Crippen MR) is 76.9 cm³/mol. The van der Waals surface area contributed by atoms with Crippen LogP contribution in [0.15, 0.2) is 28.9 Å². The van der Waals surface area contributed by atoms with Crippen LogP contribution in [0.5, 0.6) is 0 Å². The van der Waals surface area contributed by atoms with Gasteiger partial charge in [0.15, 0.2) is 4.77 Å². The molecule has 19 heavy (non-hydrogen) atoms. The van der Waals surface area contributed by atoms with Crippen LogP contribution < -0.4 is 0 Å². The molecule has 0 aliphatic rings. The van der Waals surface area contributed by atoms with Gasteiger partial charge in [-0.2, -0.15) is 0 Å². The number of hydrogen-bond acceptors (Lipinski definition) is 3. The number of nitrogens with one attached hydrogen (secondary N) is 1. The fourth-order valence-corrected chi connectivity index (χ4v) is 2.93. The van der Waals surface area contributed by atoms with Crippen LogP contribution in [0.4, 0.5) is 0 Å². The number of furan rings is 1. The minimum atomic E-state index is 0.126. The average molecular weight is 273 g/mol. The molecule has 1 N–H and O–H groups in total. The topological polar surface area (TPSA) is 46.8 Å². The Morgan fingerprint density at radius 3 is 2.89 bits per heavy atom. The number of nitrogens with zero attached hydrogens (tertiary/aromatic N) is 2. The maximum atomic E-state index is 5.62. The van der Waals surface area contributed by atoms with E-state index in [9.17, 15) is 0 Å². The first kappa shape index (κ1) is 12.2. The van der Waals surface area contributed by atoms with Crippen molar-refractivity contribution >= 4 is 23.3 Å². The van der Waals surface area contributed by atoms with Crippen LogP contribution in [0.1, 0.15) is 30.0 Å². The van der Waals surface area contributed by atoms with E-state index in [1.807, 2.05) is 19.9 Å². The summed E-state index contributed by atoms with van der Waals surface area (Å²) >= 11 is 5.43. The lowest BCUT2D eigenvalue weighted by Gasteiger charge is -2.13. The fourth-order valence-electron chi connectivity index (χ4n) is 2.57. The van der Waals surface area contributed by atoms with E-state index < -0.39 is 0 Å². The molecule has 1 unspecified atom stereocenters. The minimum Gasteiger partial charge on any atom is -0.466 e.